The molecule has 2 rings (SSSR count). The molecule has 2 fully saturated rings. The Hall–Kier alpha value is -0.320. The van der Waals surface area contributed by atoms with Crippen LogP contribution in [0, 0.1) is 5.92 Å². The van der Waals surface area contributed by atoms with Gasteiger partial charge in [0.2, 0.25) is 5.91 Å². The van der Waals surface area contributed by atoms with Gasteiger partial charge in [-0.15, -0.1) is 12.4 Å². The van der Waals surface area contributed by atoms with E-state index in [1.165, 1.54) is 12.8 Å². The fourth-order valence-electron chi connectivity index (χ4n) is 2.39. The number of hydrogen-bond acceptors (Lipinski definition) is 3. The molecule has 17 heavy (non-hydrogen) atoms. The van der Waals surface area contributed by atoms with Gasteiger partial charge in [0.05, 0.1) is 6.04 Å². The number of halogens is 1. The van der Waals surface area contributed by atoms with E-state index in [1.807, 2.05) is 0 Å². The lowest BCUT2D eigenvalue weighted by Crippen LogP contribution is -2.47. The zero-order valence-electron chi connectivity index (χ0n) is 10.2. The van der Waals surface area contributed by atoms with Gasteiger partial charge < -0.3 is 15.4 Å². The molecule has 0 radical (unpaired) electrons. The van der Waals surface area contributed by atoms with Crippen molar-refractivity contribution < 1.29 is 9.53 Å². The van der Waals surface area contributed by atoms with Crippen LogP contribution >= 0.6 is 12.4 Å². The Kier molecular flexibility index (Phi) is 6.85. The van der Waals surface area contributed by atoms with E-state index >= 15 is 0 Å². The van der Waals surface area contributed by atoms with E-state index in [1.54, 1.807) is 0 Å². The Morgan fingerprint density at radius 2 is 2.00 bits per heavy atom. The van der Waals surface area contributed by atoms with Crippen molar-refractivity contribution in [3.8, 4) is 0 Å². The Balaban J connectivity index is 0.00000144. The maximum Gasteiger partial charge on any atom is 0.237 e. The third-order valence-electron chi connectivity index (χ3n) is 3.53. The van der Waals surface area contributed by atoms with Crippen molar-refractivity contribution in [1.82, 2.24) is 10.6 Å². The summed E-state index contributed by atoms with van der Waals surface area (Å²) in [4.78, 5) is 11.8. The molecular weight excluding hydrogens is 240 g/mol. The van der Waals surface area contributed by atoms with Crippen LogP contribution in [0.3, 0.4) is 0 Å². The molecule has 2 aliphatic heterocycles. The van der Waals surface area contributed by atoms with Crippen LogP contribution in [-0.2, 0) is 9.53 Å². The molecule has 0 unspecified atom stereocenters. The summed E-state index contributed by atoms with van der Waals surface area (Å²) in [6.07, 6.45) is 5.52. The fourth-order valence-corrected chi connectivity index (χ4v) is 2.39. The SMILES string of the molecule is Cl.O=C(NCC1CCOCC1)[C@@H]1CCCCN1. The maximum atomic E-state index is 11.8. The minimum absolute atomic E-state index is 0. The number of carbonyl (C=O) groups excluding carboxylic acids is 1. The number of amides is 1. The highest BCUT2D eigenvalue weighted by Crippen LogP contribution is 2.13. The van der Waals surface area contributed by atoms with Gasteiger partial charge in [-0.05, 0) is 38.1 Å². The van der Waals surface area contributed by atoms with E-state index in [2.05, 4.69) is 10.6 Å². The number of ether oxygens (including phenoxy) is 1. The smallest absolute Gasteiger partial charge is 0.237 e. The van der Waals surface area contributed by atoms with E-state index < -0.39 is 0 Å². The van der Waals surface area contributed by atoms with Gasteiger partial charge in [0.25, 0.3) is 0 Å². The number of carbonyl (C=O) groups is 1. The summed E-state index contributed by atoms with van der Waals surface area (Å²) in [7, 11) is 0. The van der Waals surface area contributed by atoms with Gasteiger partial charge in [-0.2, -0.15) is 0 Å². The summed E-state index contributed by atoms with van der Waals surface area (Å²) in [5.74, 6) is 0.799. The lowest BCUT2D eigenvalue weighted by atomic mass is 9.99. The molecule has 0 aliphatic carbocycles. The third-order valence-corrected chi connectivity index (χ3v) is 3.53. The minimum Gasteiger partial charge on any atom is -0.381 e. The van der Waals surface area contributed by atoms with Gasteiger partial charge in [0.15, 0.2) is 0 Å². The molecule has 1 atom stereocenters. The summed E-state index contributed by atoms with van der Waals surface area (Å²) in [5, 5.41) is 6.33. The van der Waals surface area contributed by atoms with E-state index in [-0.39, 0.29) is 24.4 Å². The van der Waals surface area contributed by atoms with E-state index in [0.29, 0.717) is 5.92 Å². The van der Waals surface area contributed by atoms with Crippen molar-refractivity contribution in [2.75, 3.05) is 26.3 Å². The van der Waals surface area contributed by atoms with Gasteiger partial charge in [-0.3, -0.25) is 4.79 Å². The summed E-state index contributed by atoms with van der Waals surface area (Å²) in [6, 6.07) is 0.0496. The van der Waals surface area contributed by atoms with Gasteiger partial charge in [-0.25, -0.2) is 0 Å². The average molecular weight is 263 g/mol. The first kappa shape index (κ1) is 14.7. The van der Waals surface area contributed by atoms with Gasteiger partial charge in [0, 0.05) is 19.8 Å². The Morgan fingerprint density at radius 1 is 1.24 bits per heavy atom. The molecular formula is C12H23ClN2O2. The molecule has 2 N–H and O–H groups in total. The molecule has 0 aromatic rings. The first-order valence-electron chi connectivity index (χ1n) is 6.45. The van der Waals surface area contributed by atoms with Crippen molar-refractivity contribution >= 4 is 18.3 Å². The van der Waals surface area contributed by atoms with E-state index in [4.69, 9.17) is 4.74 Å². The zero-order chi connectivity index (χ0) is 11.2. The first-order valence-corrected chi connectivity index (χ1v) is 6.45. The monoisotopic (exact) mass is 262 g/mol. The lowest BCUT2D eigenvalue weighted by Gasteiger charge is -2.25. The molecule has 100 valence electrons. The van der Waals surface area contributed by atoms with Gasteiger partial charge in [0.1, 0.15) is 0 Å². The topological polar surface area (TPSA) is 50.4 Å². The molecule has 0 saturated carbocycles. The molecule has 0 aromatic heterocycles. The van der Waals surface area contributed by atoms with Crippen LogP contribution < -0.4 is 10.6 Å². The Labute approximate surface area is 109 Å². The first-order chi connectivity index (χ1) is 7.86. The van der Waals surface area contributed by atoms with Crippen molar-refractivity contribution in [3.63, 3.8) is 0 Å². The molecule has 2 aliphatic rings. The second-order valence-electron chi connectivity index (χ2n) is 4.80. The quantitative estimate of drug-likeness (QED) is 0.801. The van der Waals surface area contributed by atoms with Crippen LogP contribution in [-0.4, -0.2) is 38.3 Å². The van der Waals surface area contributed by atoms with Crippen LogP contribution in [0.1, 0.15) is 32.1 Å². The average Bonchev–Trinajstić information content (AvgIpc) is 2.38. The molecule has 0 bridgehead atoms. The largest absolute Gasteiger partial charge is 0.381 e. The maximum absolute atomic E-state index is 11.8. The van der Waals surface area contributed by atoms with Crippen molar-refractivity contribution in [2.45, 2.75) is 38.1 Å². The van der Waals surface area contributed by atoms with Gasteiger partial charge >= 0.3 is 0 Å². The number of rotatable bonds is 3. The minimum atomic E-state index is 0. The highest BCUT2D eigenvalue weighted by molar-refractivity contribution is 5.85. The van der Waals surface area contributed by atoms with Crippen molar-refractivity contribution in [2.24, 2.45) is 5.92 Å². The van der Waals surface area contributed by atoms with Crippen LogP contribution in [0.2, 0.25) is 0 Å². The molecule has 1 amide bonds. The number of piperidine rings is 1. The third kappa shape index (κ3) is 4.82. The molecule has 0 spiro atoms. The summed E-state index contributed by atoms with van der Waals surface area (Å²) < 4.78 is 5.30. The van der Waals surface area contributed by atoms with Crippen molar-refractivity contribution in [1.29, 1.82) is 0 Å². The number of nitrogens with one attached hydrogen (secondary N) is 2. The van der Waals surface area contributed by atoms with Gasteiger partial charge in [-0.1, -0.05) is 6.42 Å². The molecule has 2 heterocycles. The predicted octanol–water partition coefficient (Wildman–Crippen LogP) is 1.09. The summed E-state index contributed by atoms with van der Waals surface area (Å²) in [5.41, 5.74) is 0. The lowest BCUT2D eigenvalue weighted by molar-refractivity contribution is -0.124. The molecule has 4 nitrogen and oxygen atoms in total. The zero-order valence-corrected chi connectivity index (χ0v) is 11.1. The highest BCUT2D eigenvalue weighted by atomic mass is 35.5. The second-order valence-corrected chi connectivity index (χ2v) is 4.80. The number of hydrogen-bond donors (Lipinski definition) is 2. The summed E-state index contributed by atoms with van der Waals surface area (Å²) >= 11 is 0. The fraction of sp³-hybridized carbons (Fsp3) is 0.917. The summed E-state index contributed by atoms with van der Waals surface area (Å²) in [6.45, 7) is 3.50. The predicted molar refractivity (Wildman–Crippen MR) is 69.4 cm³/mol. The van der Waals surface area contributed by atoms with Crippen LogP contribution in [0.15, 0.2) is 0 Å². The normalized spacial score (nSPS) is 26.0. The molecule has 0 aromatic carbocycles. The highest BCUT2D eigenvalue weighted by Gasteiger charge is 2.21. The van der Waals surface area contributed by atoms with E-state index in [9.17, 15) is 4.79 Å². The van der Waals surface area contributed by atoms with Crippen molar-refractivity contribution in [3.05, 3.63) is 0 Å². The van der Waals surface area contributed by atoms with E-state index in [0.717, 1.165) is 45.6 Å². The molecule has 2 saturated heterocycles. The molecule has 5 heteroatoms. The Morgan fingerprint density at radius 3 is 2.65 bits per heavy atom. The standard InChI is InChI=1S/C12H22N2O2.ClH/c15-12(11-3-1-2-6-13-11)14-9-10-4-7-16-8-5-10;/h10-11,13H,1-9H2,(H,14,15);1H/t11-;/m0./s1. The van der Waals surface area contributed by atoms with Crippen LogP contribution in [0.5, 0.6) is 0 Å². The van der Waals surface area contributed by atoms with Crippen LogP contribution in [0.4, 0.5) is 0 Å². The Bertz CT molecular complexity index is 227. The van der Waals surface area contributed by atoms with Crippen LogP contribution in [0.25, 0.3) is 0 Å². The second kappa shape index (κ2) is 7.90.